The smallest absolute Gasteiger partial charge is 0.332 e. The van der Waals surface area contributed by atoms with Crippen LogP contribution in [0.15, 0.2) is 25.0 Å². The lowest BCUT2D eigenvalue weighted by molar-refractivity contribution is -0.139. The molecule has 0 bridgehead atoms. The van der Waals surface area contributed by atoms with Gasteiger partial charge in [0.05, 0.1) is 13.4 Å². The van der Waals surface area contributed by atoms with Gasteiger partial charge in [0.15, 0.2) is 0 Å². The molecule has 0 aromatic rings. The third-order valence-corrected chi connectivity index (χ3v) is 1.77. The fourth-order valence-electron chi connectivity index (χ4n) is 0.872. The summed E-state index contributed by atoms with van der Waals surface area (Å²) in [6.45, 7) is 8.17. The Morgan fingerprint density at radius 2 is 1.74 bits per heavy atom. The number of aliphatic carboxylic acids is 1. The van der Waals surface area contributed by atoms with E-state index in [0.717, 1.165) is 6.26 Å². The number of carboxylic acid groups (broad SMARTS) is 1. The predicted molar refractivity (Wildman–Crippen MR) is 69.2 cm³/mol. The van der Waals surface area contributed by atoms with Crippen LogP contribution >= 0.6 is 0 Å². The number of carboxylic acids is 1. The van der Waals surface area contributed by atoms with E-state index in [9.17, 15) is 14.4 Å². The summed E-state index contributed by atoms with van der Waals surface area (Å²) < 4.78 is 8.70. The second-order valence-electron chi connectivity index (χ2n) is 3.53. The first kappa shape index (κ1) is 19.2. The van der Waals surface area contributed by atoms with Crippen LogP contribution in [0.4, 0.5) is 0 Å². The maximum absolute atomic E-state index is 10.6. The standard InChI is InChI=1S/C8H12O4.C5H8O2/c1-2-12-8(11)6-4-3-5-7(9)10;1-4(2)5(6)7-3/h2H,1,3-6H2,(H,9,10);1H2,2-3H3. The molecule has 0 heterocycles. The minimum atomic E-state index is -0.841. The maximum Gasteiger partial charge on any atom is 0.332 e. The highest BCUT2D eigenvalue weighted by Crippen LogP contribution is 2.01. The van der Waals surface area contributed by atoms with E-state index in [1.807, 2.05) is 0 Å². The van der Waals surface area contributed by atoms with Gasteiger partial charge in [-0.2, -0.15) is 0 Å². The van der Waals surface area contributed by atoms with Gasteiger partial charge < -0.3 is 14.6 Å². The first-order chi connectivity index (χ1) is 8.84. The second-order valence-corrected chi connectivity index (χ2v) is 3.53. The monoisotopic (exact) mass is 272 g/mol. The van der Waals surface area contributed by atoms with Gasteiger partial charge in [-0.15, -0.1) is 0 Å². The van der Waals surface area contributed by atoms with E-state index in [1.54, 1.807) is 6.92 Å². The Morgan fingerprint density at radius 1 is 1.21 bits per heavy atom. The molecule has 0 amide bonds. The molecule has 0 aliphatic carbocycles. The number of carbonyl (C=O) groups excluding carboxylic acids is 2. The van der Waals surface area contributed by atoms with Crippen LogP contribution in [0.1, 0.15) is 32.6 Å². The lowest BCUT2D eigenvalue weighted by atomic mass is 10.2. The zero-order valence-electron chi connectivity index (χ0n) is 11.3. The number of hydrogen-bond donors (Lipinski definition) is 1. The van der Waals surface area contributed by atoms with Gasteiger partial charge in [-0.05, 0) is 19.8 Å². The van der Waals surface area contributed by atoms with Gasteiger partial charge in [0.2, 0.25) is 0 Å². The van der Waals surface area contributed by atoms with E-state index in [2.05, 4.69) is 22.6 Å². The lowest BCUT2D eigenvalue weighted by Gasteiger charge is -1.97. The van der Waals surface area contributed by atoms with Crippen LogP contribution < -0.4 is 0 Å². The van der Waals surface area contributed by atoms with Crippen LogP contribution in [0.3, 0.4) is 0 Å². The van der Waals surface area contributed by atoms with Crippen LogP contribution in [-0.2, 0) is 23.9 Å². The molecule has 0 spiro atoms. The fourth-order valence-corrected chi connectivity index (χ4v) is 0.872. The predicted octanol–water partition coefficient (Wildman–Crippen LogP) is 2.05. The molecule has 6 heteroatoms. The molecule has 6 nitrogen and oxygen atoms in total. The van der Waals surface area contributed by atoms with Crippen LogP contribution in [0.2, 0.25) is 0 Å². The Hall–Kier alpha value is -2.11. The summed E-state index contributed by atoms with van der Waals surface area (Å²) >= 11 is 0. The third-order valence-electron chi connectivity index (χ3n) is 1.77. The summed E-state index contributed by atoms with van der Waals surface area (Å²) in [5.41, 5.74) is 0.433. The summed E-state index contributed by atoms with van der Waals surface area (Å²) in [5.74, 6) is -1.55. The molecule has 1 N–H and O–H groups in total. The van der Waals surface area contributed by atoms with Gasteiger partial charge in [-0.25, -0.2) is 4.79 Å². The number of esters is 2. The first-order valence-electron chi connectivity index (χ1n) is 5.61. The van der Waals surface area contributed by atoms with Crippen molar-refractivity contribution < 1.29 is 29.0 Å². The number of rotatable bonds is 7. The molecule has 0 aliphatic rings. The summed E-state index contributed by atoms with van der Waals surface area (Å²) in [6, 6.07) is 0. The number of methoxy groups -OCH3 is 1. The average Bonchev–Trinajstić information content (AvgIpc) is 2.34. The minimum Gasteiger partial charge on any atom is -0.481 e. The minimum absolute atomic E-state index is 0.0986. The molecule has 0 unspecified atom stereocenters. The van der Waals surface area contributed by atoms with Gasteiger partial charge in [-0.3, -0.25) is 9.59 Å². The van der Waals surface area contributed by atoms with Gasteiger partial charge >= 0.3 is 17.9 Å². The molecule has 19 heavy (non-hydrogen) atoms. The van der Waals surface area contributed by atoms with Crippen LogP contribution in [0, 0.1) is 0 Å². The van der Waals surface area contributed by atoms with Gasteiger partial charge in [-0.1, -0.05) is 13.2 Å². The van der Waals surface area contributed by atoms with Crippen molar-refractivity contribution in [2.75, 3.05) is 7.11 Å². The normalized spacial score (nSPS) is 8.53. The highest BCUT2D eigenvalue weighted by Gasteiger charge is 2.01. The van der Waals surface area contributed by atoms with Gasteiger partial charge in [0.1, 0.15) is 0 Å². The van der Waals surface area contributed by atoms with E-state index in [4.69, 9.17) is 5.11 Å². The van der Waals surface area contributed by atoms with E-state index >= 15 is 0 Å². The second kappa shape index (κ2) is 12.3. The number of carbonyl (C=O) groups is 3. The van der Waals surface area contributed by atoms with Crippen molar-refractivity contribution in [2.45, 2.75) is 32.6 Å². The van der Waals surface area contributed by atoms with Crippen LogP contribution in [0.25, 0.3) is 0 Å². The van der Waals surface area contributed by atoms with Crippen molar-refractivity contribution in [1.29, 1.82) is 0 Å². The Labute approximate surface area is 112 Å². The molecule has 0 aromatic carbocycles. The number of hydrogen-bond acceptors (Lipinski definition) is 5. The summed E-state index contributed by atoms with van der Waals surface area (Å²) in [7, 11) is 1.33. The van der Waals surface area contributed by atoms with Crippen LogP contribution in [-0.4, -0.2) is 30.1 Å². The van der Waals surface area contributed by atoms with Crippen molar-refractivity contribution in [3.05, 3.63) is 25.0 Å². The SMILES string of the molecule is C=C(C)C(=O)OC.C=COC(=O)CCCCC(=O)O. The molecule has 0 rings (SSSR count). The zero-order chi connectivity index (χ0) is 15.3. The topological polar surface area (TPSA) is 89.9 Å². The Bertz CT molecular complexity index is 332. The molecule has 0 atom stereocenters. The molecular weight excluding hydrogens is 252 g/mol. The summed E-state index contributed by atoms with van der Waals surface area (Å²) in [5, 5.41) is 8.25. The van der Waals surface area contributed by atoms with E-state index in [0.29, 0.717) is 18.4 Å². The van der Waals surface area contributed by atoms with E-state index in [-0.39, 0.29) is 24.8 Å². The van der Waals surface area contributed by atoms with Crippen molar-refractivity contribution in [1.82, 2.24) is 0 Å². The van der Waals surface area contributed by atoms with Crippen molar-refractivity contribution in [3.8, 4) is 0 Å². The van der Waals surface area contributed by atoms with Gasteiger partial charge in [0, 0.05) is 18.4 Å². The number of ether oxygens (including phenoxy) is 2. The average molecular weight is 272 g/mol. The Kier molecular flexibility index (Phi) is 12.5. The maximum atomic E-state index is 10.6. The highest BCUT2D eigenvalue weighted by atomic mass is 16.5. The molecule has 0 aliphatic heterocycles. The Balaban J connectivity index is 0. The largest absolute Gasteiger partial charge is 0.481 e. The van der Waals surface area contributed by atoms with E-state index < -0.39 is 5.97 Å². The molecule has 0 aromatic heterocycles. The summed E-state index contributed by atoms with van der Waals surface area (Å²) in [6.07, 6.45) is 2.46. The van der Waals surface area contributed by atoms with Crippen molar-refractivity contribution in [2.24, 2.45) is 0 Å². The van der Waals surface area contributed by atoms with Crippen molar-refractivity contribution in [3.63, 3.8) is 0 Å². The quantitative estimate of drug-likeness (QED) is 0.330. The van der Waals surface area contributed by atoms with Crippen LogP contribution in [0.5, 0.6) is 0 Å². The molecule has 108 valence electrons. The lowest BCUT2D eigenvalue weighted by Crippen LogP contribution is -2.00. The zero-order valence-corrected chi connectivity index (χ0v) is 11.3. The molecular formula is C13H20O6. The molecule has 0 saturated carbocycles. The first-order valence-corrected chi connectivity index (χ1v) is 5.61. The molecule has 0 saturated heterocycles. The fraction of sp³-hybridized carbons (Fsp3) is 0.462. The van der Waals surface area contributed by atoms with Gasteiger partial charge in [0.25, 0.3) is 0 Å². The third kappa shape index (κ3) is 15.9. The van der Waals surface area contributed by atoms with Crippen molar-refractivity contribution >= 4 is 17.9 Å². The molecule has 0 radical (unpaired) electrons. The molecule has 0 fully saturated rings. The number of unbranched alkanes of at least 4 members (excludes halogenated alkanes) is 1. The highest BCUT2D eigenvalue weighted by molar-refractivity contribution is 5.86. The Morgan fingerprint density at radius 3 is 2.05 bits per heavy atom. The summed E-state index contributed by atoms with van der Waals surface area (Å²) in [4.78, 5) is 30.9. The van der Waals surface area contributed by atoms with E-state index in [1.165, 1.54) is 7.11 Å².